The van der Waals surface area contributed by atoms with E-state index in [4.69, 9.17) is 0 Å². The highest BCUT2D eigenvalue weighted by Crippen LogP contribution is 2.47. The van der Waals surface area contributed by atoms with Gasteiger partial charge in [0.2, 0.25) is 0 Å². The molecule has 12 heteroatoms. The number of halogens is 9. The van der Waals surface area contributed by atoms with Gasteiger partial charge in [0, 0.05) is 18.5 Å². The van der Waals surface area contributed by atoms with Crippen molar-refractivity contribution in [3.63, 3.8) is 0 Å². The number of hydrogen-bond donors (Lipinski definition) is 1. The van der Waals surface area contributed by atoms with Gasteiger partial charge in [-0.2, -0.15) is 39.5 Å². The summed E-state index contributed by atoms with van der Waals surface area (Å²) in [5.41, 5.74) is -3.65. The zero-order chi connectivity index (χ0) is 28.5. The molecule has 3 atom stereocenters. The number of piperidine rings is 1. The van der Waals surface area contributed by atoms with Gasteiger partial charge in [-0.05, 0) is 73.2 Å². The number of benzene rings is 2. The first kappa shape index (κ1) is 29.8. The molecular weight excluding hydrogens is 529 g/mol. The average molecular weight is 555 g/mol. The number of likely N-dealkylation sites (tertiary alicyclic amines) is 1. The quantitative estimate of drug-likeness (QED) is 0.348. The van der Waals surface area contributed by atoms with Crippen molar-refractivity contribution >= 4 is 5.97 Å². The fourth-order valence-electron chi connectivity index (χ4n) is 5.13. The van der Waals surface area contributed by atoms with Crippen molar-refractivity contribution in [3.8, 4) is 0 Å². The summed E-state index contributed by atoms with van der Waals surface area (Å²) in [6.07, 6.45) is -14.0. The van der Waals surface area contributed by atoms with Crippen LogP contribution in [0.4, 0.5) is 39.5 Å². The Morgan fingerprint density at radius 3 is 2.00 bits per heavy atom. The monoisotopic (exact) mass is 555 g/mol. The zero-order valence-corrected chi connectivity index (χ0v) is 20.2. The van der Waals surface area contributed by atoms with Crippen LogP contribution in [0.1, 0.15) is 78.9 Å². The van der Waals surface area contributed by atoms with Crippen LogP contribution >= 0.6 is 0 Å². The molecule has 2 aromatic rings. The fourth-order valence-corrected chi connectivity index (χ4v) is 5.13. The SMILES string of the molecule is CCC[C@H](c1cc(C(F)(F)F)ccc1C(F)(F)F)N1CC[C@@H](CC(=O)O)C[C@H]1c1ccc(C(F)(F)F)cc1. The molecule has 0 aliphatic carbocycles. The number of carbonyl (C=O) groups is 1. The molecule has 0 radical (unpaired) electrons. The zero-order valence-electron chi connectivity index (χ0n) is 20.2. The first-order valence-corrected chi connectivity index (χ1v) is 11.9. The van der Waals surface area contributed by atoms with Crippen molar-refractivity contribution in [2.45, 2.75) is 69.6 Å². The van der Waals surface area contributed by atoms with Gasteiger partial charge in [-0.1, -0.05) is 25.5 Å². The number of hydrogen-bond acceptors (Lipinski definition) is 2. The van der Waals surface area contributed by atoms with Crippen molar-refractivity contribution in [3.05, 3.63) is 70.3 Å². The molecule has 0 aromatic heterocycles. The van der Waals surface area contributed by atoms with Gasteiger partial charge < -0.3 is 5.11 Å². The molecule has 1 saturated heterocycles. The summed E-state index contributed by atoms with van der Waals surface area (Å²) in [5.74, 6) is -1.51. The van der Waals surface area contributed by atoms with Crippen LogP contribution in [0.2, 0.25) is 0 Å². The van der Waals surface area contributed by atoms with E-state index >= 15 is 0 Å². The Morgan fingerprint density at radius 1 is 0.921 bits per heavy atom. The smallest absolute Gasteiger partial charge is 0.416 e. The Kier molecular flexibility index (Phi) is 8.74. The summed E-state index contributed by atoms with van der Waals surface area (Å²) in [6.45, 7) is 1.72. The lowest BCUT2D eigenvalue weighted by molar-refractivity contribution is -0.142. The molecule has 0 amide bonds. The van der Waals surface area contributed by atoms with Crippen LogP contribution in [0.5, 0.6) is 0 Å². The highest BCUT2D eigenvalue weighted by molar-refractivity contribution is 5.67. The maximum absolute atomic E-state index is 14.0. The van der Waals surface area contributed by atoms with E-state index in [1.54, 1.807) is 11.8 Å². The lowest BCUT2D eigenvalue weighted by Gasteiger charge is -2.45. The van der Waals surface area contributed by atoms with Crippen LogP contribution in [0, 0.1) is 5.92 Å². The summed E-state index contributed by atoms with van der Waals surface area (Å²) in [5, 5.41) is 9.25. The van der Waals surface area contributed by atoms with Gasteiger partial charge in [-0.3, -0.25) is 9.69 Å². The summed E-state index contributed by atoms with van der Waals surface area (Å²) < 4.78 is 122. The Hall–Kier alpha value is -2.76. The summed E-state index contributed by atoms with van der Waals surface area (Å²) in [7, 11) is 0. The molecule has 1 fully saturated rings. The van der Waals surface area contributed by atoms with Crippen LogP contribution in [-0.2, 0) is 23.3 Å². The van der Waals surface area contributed by atoms with Gasteiger partial charge in [-0.15, -0.1) is 0 Å². The van der Waals surface area contributed by atoms with E-state index in [0.29, 0.717) is 30.2 Å². The Balaban J connectivity index is 2.14. The minimum atomic E-state index is -4.95. The first-order chi connectivity index (χ1) is 17.5. The summed E-state index contributed by atoms with van der Waals surface area (Å²) in [6, 6.07) is 3.36. The van der Waals surface area contributed by atoms with Crippen LogP contribution in [0.25, 0.3) is 0 Å². The number of aliphatic carboxylic acids is 1. The molecular formula is C26H26F9NO2. The third kappa shape index (κ3) is 7.00. The van der Waals surface area contributed by atoms with Crippen molar-refractivity contribution < 1.29 is 49.4 Å². The summed E-state index contributed by atoms with van der Waals surface area (Å²) >= 11 is 0. The predicted molar refractivity (Wildman–Crippen MR) is 120 cm³/mol. The molecule has 0 unspecified atom stereocenters. The minimum absolute atomic E-state index is 0.0467. The van der Waals surface area contributed by atoms with Gasteiger partial charge in [0.05, 0.1) is 16.7 Å². The molecule has 210 valence electrons. The lowest BCUT2D eigenvalue weighted by atomic mass is 9.82. The van der Waals surface area contributed by atoms with Crippen LogP contribution in [-0.4, -0.2) is 22.5 Å². The maximum Gasteiger partial charge on any atom is 0.416 e. The largest absolute Gasteiger partial charge is 0.481 e. The standard InChI is InChI=1S/C26H26F9NO2/c1-2-3-21(19-14-18(25(30,31)32)8-9-20(19)26(33,34)35)36-11-10-15(13-23(37)38)12-22(36)16-4-6-17(7-5-16)24(27,28)29/h4-9,14-15,21-22H,2-3,10-13H2,1H3,(H,37,38)/t15-,21-,22+/m1/s1. The highest BCUT2D eigenvalue weighted by Gasteiger charge is 2.42. The van der Waals surface area contributed by atoms with Crippen LogP contribution in [0.3, 0.4) is 0 Å². The molecule has 3 rings (SSSR count). The second-order valence-corrected chi connectivity index (χ2v) is 9.46. The second kappa shape index (κ2) is 11.2. The number of carboxylic acid groups (broad SMARTS) is 1. The van der Waals surface area contributed by atoms with Gasteiger partial charge in [-0.25, -0.2) is 0 Å². The normalized spacial score (nSPS) is 20.4. The molecule has 1 aliphatic rings. The van der Waals surface area contributed by atoms with E-state index in [2.05, 4.69) is 0 Å². The molecule has 1 aliphatic heterocycles. The molecule has 2 aromatic carbocycles. The van der Waals surface area contributed by atoms with Crippen LogP contribution < -0.4 is 0 Å². The predicted octanol–water partition coefficient (Wildman–Crippen LogP) is 8.51. The number of rotatable bonds is 7. The fraction of sp³-hybridized carbons (Fsp3) is 0.500. The van der Waals surface area contributed by atoms with Crippen molar-refractivity contribution in [2.24, 2.45) is 5.92 Å². The van der Waals surface area contributed by atoms with Gasteiger partial charge in [0.25, 0.3) is 0 Å². The van der Waals surface area contributed by atoms with Gasteiger partial charge in [0.1, 0.15) is 0 Å². The summed E-state index contributed by atoms with van der Waals surface area (Å²) in [4.78, 5) is 12.9. The molecule has 3 nitrogen and oxygen atoms in total. The Morgan fingerprint density at radius 2 is 1.50 bits per heavy atom. The maximum atomic E-state index is 14.0. The third-order valence-electron chi connectivity index (χ3n) is 6.84. The van der Waals surface area contributed by atoms with E-state index in [-0.39, 0.29) is 32.2 Å². The minimum Gasteiger partial charge on any atom is -0.481 e. The molecule has 1 N–H and O–H groups in total. The molecule has 1 heterocycles. The van der Waals surface area contributed by atoms with Crippen LogP contribution in [0.15, 0.2) is 42.5 Å². The lowest BCUT2D eigenvalue weighted by Crippen LogP contribution is -2.40. The molecule has 0 bridgehead atoms. The van der Waals surface area contributed by atoms with Crippen molar-refractivity contribution in [1.82, 2.24) is 4.90 Å². The number of carboxylic acids is 1. The number of alkyl halides is 9. The molecule has 0 spiro atoms. The first-order valence-electron chi connectivity index (χ1n) is 11.9. The third-order valence-corrected chi connectivity index (χ3v) is 6.84. The Bertz CT molecular complexity index is 1110. The average Bonchev–Trinajstić information content (AvgIpc) is 2.80. The molecule has 38 heavy (non-hydrogen) atoms. The molecule has 0 saturated carbocycles. The topological polar surface area (TPSA) is 40.5 Å². The van der Waals surface area contributed by atoms with E-state index < -0.39 is 64.8 Å². The number of nitrogens with zero attached hydrogens (tertiary/aromatic N) is 1. The van der Waals surface area contributed by atoms with Gasteiger partial charge in [0.15, 0.2) is 0 Å². The van der Waals surface area contributed by atoms with Crippen molar-refractivity contribution in [1.29, 1.82) is 0 Å². The van der Waals surface area contributed by atoms with E-state index in [9.17, 15) is 49.4 Å². The van der Waals surface area contributed by atoms with Crippen molar-refractivity contribution in [2.75, 3.05) is 6.54 Å². The van der Waals surface area contributed by atoms with Gasteiger partial charge >= 0.3 is 24.5 Å². The Labute approximate surface area is 213 Å². The van der Waals surface area contributed by atoms with E-state index in [1.807, 2.05) is 0 Å². The highest BCUT2D eigenvalue weighted by atomic mass is 19.4. The second-order valence-electron chi connectivity index (χ2n) is 9.46. The van der Waals surface area contributed by atoms with E-state index in [1.165, 1.54) is 12.1 Å². The van der Waals surface area contributed by atoms with E-state index in [0.717, 1.165) is 12.1 Å².